The molecule has 0 heterocycles. The van der Waals surface area contributed by atoms with Gasteiger partial charge in [0.2, 0.25) is 0 Å². The summed E-state index contributed by atoms with van der Waals surface area (Å²) in [4.78, 5) is 23.8. The van der Waals surface area contributed by atoms with Gasteiger partial charge in [-0.15, -0.1) is 0 Å². The van der Waals surface area contributed by atoms with E-state index in [0.29, 0.717) is 13.2 Å². The molecule has 2 aromatic rings. The van der Waals surface area contributed by atoms with Crippen molar-refractivity contribution in [3.8, 4) is 0 Å². The van der Waals surface area contributed by atoms with Crippen molar-refractivity contribution in [3.05, 3.63) is 83.9 Å². The summed E-state index contributed by atoms with van der Waals surface area (Å²) in [7, 11) is 0. The van der Waals surface area contributed by atoms with Gasteiger partial charge in [-0.25, -0.2) is 4.79 Å². The highest BCUT2D eigenvalue weighted by atomic mass is 16.5. The lowest BCUT2D eigenvalue weighted by Crippen LogP contribution is -2.30. The van der Waals surface area contributed by atoms with Crippen molar-refractivity contribution >= 4 is 11.9 Å². The average molecular weight is 367 g/mol. The van der Waals surface area contributed by atoms with Crippen molar-refractivity contribution in [1.29, 1.82) is 0 Å². The topological polar surface area (TPSA) is 64.6 Å². The molecule has 0 unspecified atom stereocenters. The normalized spacial score (nSPS) is 11.9. The number of benzene rings is 2. The molecule has 0 aliphatic rings. The van der Waals surface area contributed by atoms with Crippen LogP contribution < -0.4 is 5.32 Å². The second-order valence-electron chi connectivity index (χ2n) is 5.93. The molecule has 1 atom stereocenters. The van der Waals surface area contributed by atoms with E-state index in [-0.39, 0.29) is 25.0 Å². The second kappa shape index (κ2) is 11.6. The highest BCUT2D eigenvalue weighted by Gasteiger charge is 2.13. The first-order chi connectivity index (χ1) is 13.2. The lowest BCUT2D eigenvalue weighted by Gasteiger charge is -2.15. The van der Waals surface area contributed by atoms with Crippen molar-refractivity contribution in [2.45, 2.75) is 32.5 Å². The Morgan fingerprint density at radius 2 is 1.59 bits per heavy atom. The van der Waals surface area contributed by atoms with Crippen LogP contribution in [0, 0.1) is 0 Å². The number of hydrogen-bond donors (Lipinski definition) is 1. The highest BCUT2D eigenvalue weighted by Crippen LogP contribution is 2.06. The predicted molar refractivity (Wildman–Crippen MR) is 104 cm³/mol. The summed E-state index contributed by atoms with van der Waals surface area (Å²) in [6, 6.07) is 19.0. The Bertz CT molecular complexity index is 728. The maximum absolute atomic E-state index is 12.2. The minimum absolute atomic E-state index is 0.121. The number of nitrogens with one attached hydrogen (secondary N) is 1. The summed E-state index contributed by atoms with van der Waals surface area (Å²) in [6.07, 6.45) is 3.11. The van der Waals surface area contributed by atoms with Crippen molar-refractivity contribution in [3.63, 3.8) is 0 Å². The van der Waals surface area contributed by atoms with Crippen LogP contribution >= 0.6 is 0 Å². The smallest absolute Gasteiger partial charge is 0.330 e. The van der Waals surface area contributed by atoms with Gasteiger partial charge in [-0.2, -0.15) is 0 Å². The largest absolute Gasteiger partial charge is 0.463 e. The molecule has 0 aromatic heterocycles. The number of carbonyl (C=O) groups excluding carboxylic acids is 2. The summed E-state index contributed by atoms with van der Waals surface area (Å²) < 4.78 is 10.2. The summed E-state index contributed by atoms with van der Waals surface area (Å²) in [5.74, 6) is -0.764. The number of carbonyl (C=O) groups is 2. The Morgan fingerprint density at radius 3 is 2.22 bits per heavy atom. The van der Waals surface area contributed by atoms with Gasteiger partial charge in [-0.05, 0) is 18.1 Å². The Hall–Kier alpha value is -2.92. The van der Waals surface area contributed by atoms with Gasteiger partial charge in [0.1, 0.15) is 6.61 Å². The van der Waals surface area contributed by atoms with E-state index in [1.54, 1.807) is 13.0 Å². The highest BCUT2D eigenvalue weighted by molar-refractivity contribution is 5.82. The van der Waals surface area contributed by atoms with E-state index in [0.717, 1.165) is 11.1 Å². The van der Waals surface area contributed by atoms with Gasteiger partial charge in [-0.3, -0.25) is 4.79 Å². The monoisotopic (exact) mass is 367 g/mol. The average Bonchev–Trinajstić information content (AvgIpc) is 2.70. The van der Waals surface area contributed by atoms with E-state index in [1.165, 1.54) is 6.08 Å². The molecule has 0 spiro atoms. The van der Waals surface area contributed by atoms with Gasteiger partial charge in [0.15, 0.2) is 0 Å². The molecule has 142 valence electrons. The van der Waals surface area contributed by atoms with Crippen LogP contribution in [0.25, 0.3) is 0 Å². The maximum Gasteiger partial charge on any atom is 0.330 e. The van der Waals surface area contributed by atoms with Gasteiger partial charge in [0.25, 0.3) is 0 Å². The van der Waals surface area contributed by atoms with Crippen LogP contribution in [0.2, 0.25) is 0 Å². The first-order valence-electron chi connectivity index (χ1n) is 8.99. The van der Waals surface area contributed by atoms with Gasteiger partial charge in [0.05, 0.1) is 13.0 Å². The first-order valence-corrected chi connectivity index (χ1v) is 8.99. The van der Waals surface area contributed by atoms with Crippen LogP contribution in [-0.2, 0) is 32.2 Å². The number of esters is 2. The minimum atomic E-state index is -0.429. The number of hydrogen-bond acceptors (Lipinski definition) is 5. The van der Waals surface area contributed by atoms with Crippen molar-refractivity contribution in [2.24, 2.45) is 0 Å². The SMILES string of the molecule is CCOC(=O)/C=C/[C@H](CC(=O)OCc1ccccc1)NCc1ccccc1. The van der Waals surface area contributed by atoms with E-state index in [9.17, 15) is 9.59 Å². The van der Waals surface area contributed by atoms with Crippen LogP contribution in [0.3, 0.4) is 0 Å². The molecule has 0 aliphatic carbocycles. The molecular formula is C22H25NO4. The van der Waals surface area contributed by atoms with Crippen molar-refractivity contribution < 1.29 is 19.1 Å². The Balaban J connectivity index is 1.91. The van der Waals surface area contributed by atoms with Crippen molar-refractivity contribution in [2.75, 3.05) is 6.61 Å². The van der Waals surface area contributed by atoms with Crippen LogP contribution in [0.5, 0.6) is 0 Å². The third-order valence-electron chi connectivity index (χ3n) is 3.79. The van der Waals surface area contributed by atoms with Gasteiger partial charge < -0.3 is 14.8 Å². The van der Waals surface area contributed by atoms with E-state index >= 15 is 0 Å². The fraction of sp³-hybridized carbons (Fsp3) is 0.273. The lowest BCUT2D eigenvalue weighted by molar-refractivity contribution is -0.145. The maximum atomic E-state index is 12.2. The third kappa shape index (κ3) is 8.33. The zero-order valence-electron chi connectivity index (χ0n) is 15.5. The molecule has 0 saturated heterocycles. The van der Waals surface area contributed by atoms with E-state index in [4.69, 9.17) is 9.47 Å². The molecular weight excluding hydrogens is 342 g/mol. The molecule has 0 radical (unpaired) electrons. The molecule has 0 saturated carbocycles. The van der Waals surface area contributed by atoms with Gasteiger partial charge in [0, 0.05) is 18.7 Å². The molecule has 0 fully saturated rings. The summed E-state index contributed by atoms with van der Waals surface area (Å²) in [6.45, 7) is 2.86. The Kier molecular flexibility index (Phi) is 8.80. The quantitative estimate of drug-likeness (QED) is 0.515. The summed E-state index contributed by atoms with van der Waals surface area (Å²) in [5, 5.41) is 3.27. The standard InChI is InChI=1S/C22H25NO4/c1-2-26-21(24)14-13-20(23-16-18-9-5-3-6-10-18)15-22(25)27-17-19-11-7-4-8-12-19/h3-14,20,23H,2,15-17H2,1H3/b14-13+/t20-/m1/s1. The van der Waals surface area contributed by atoms with Gasteiger partial charge >= 0.3 is 11.9 Å². The van der Waals surface area contributed by atoms with Crippen LogP contribution in [0.1, 0.15) is 24.5 Å². The van der Waals surface area contributed by atoms with Crippen LogP contribution in [0.4, 0.5) is 0 Å². The minimum Gasteiger partial charge on any atom is -0.463 e. The molecule has 1 N–H and O–H groups in total. The Labute approximate surface area is 160 Å². The molecule has 2 aromatic carbocycles. The molecule has 5 heteroatoms. The fourth-order valence-electron chi connectivity index (χ4n) is 2.41. The van der Waals surface area contributed by atoms with E-state index in [1.807, 2.05) is 60.7 Å². The van der Waals surface area contributed by atoms with Crippen LogP contribution in [0.15, 0.2) is 72.8 Å². The molecule has 27 heavy (non-hydrogen) atoms. The summed E-state index contributed by atoms with van der Waals surface area (Å²) in [5.41, 5.74) is 2.02. The zero-order valence-corrected chi connectivity index (χ0v) is 15.5. The first kappa shape index (κ1) is 20.4. The molecule has 5 nitrogen and oxygen atoms in total. The van der Waals surface area contributed by atoms with Crippen molar-refractivity contribution in [1.82, 2.24) is 5.32 Å². The molecule has 0 bridgehead atoms. The van der Waals surface area contributed by atoms with E-state index < -0.39 is 5.97 Å². The molecule has 0 amide bonds. The van der Waals surface area contributed by atoms with Gasteiger partial charge in [-0.1, -0.05) is 66.7 Å². The van der Waals surface area contributed by atoms with Crippen LogP contribution in [-0.4, -0.2) is 24.6 Å². The molecule has 2 rings (SSSR count). The summed E-state index contributed by atoms with van der Waals surface area (Å²) >= 11 is 0. The Morgan fingerprint density at radius 1 is 0.963 bits per heavy atom. The predicted octanol–water partition coefficient (Wildman–Crippen LogP) is 3.40. The third-order valence-corrected chi connectivity index (χ3v) is 3.79. The lowest BCUT2D eigenvalue weighted by atomic mass is 10.1. The fourth-order valence-corrected chi connectivity index (χ4v) is 2.41. The zero-order chi connectivity index (χ0) is 19.3. The number of rotatable bonds is 10. The number of ether oxygens (including phenoxy) is 2. The van der Waals surface area contributed by atoms with E-state index in [2.05, 4.69) is 5.32 Å². The second-order valence-corrected chi connectivity index (χ2v) is 5.93. The molecule has 0 aliphatic heterocycles.